The first-order valence-electron chi connectivity index (χ1n) is 7.61. The standard InChI is InChI=1S/C18H23ClN2/c1-4-9-20-12-14(5-2)10-16-11-15-8-6-7-13(3)17(15)21-18(16)19/h6-8,10-11,20H,4-5,9,12H2,1-3H3. The van der Waals surface area contributed by atoms with Gasteiger partial charge in [0.25, 0.3) is 0 Å². The van der Waals surface area contributed by atoms with Crippen LogP contribution < -0.4 is 5.32 Å². The normalized spacial score (nSPS) is 12.1. The van der Waals surface area contributed by atoms with E-state index in [1.807, 2.05) is 0 Å². The summed E-state index contributed by atoms with van der Waals surface area (Å²) < 4.78 is 0. The van der Waals surface area contributed by atoms with Gasteiger partial charge in [0.05, 0.1) is 5.52 Å². The number of pyridine rings is 1. The van der Waals surface area contributed by atoms with Crippen LogP contribution in [0.3, 0.4) is 0 Å². The number of rotatable bonds is 6. The number of aromatic nitrogens is 1. The Bertz CT molecular complexity index is 647. The number of benzene rings is 1. The molecule has 0 aliphatic carbocycles. The zero-order valence-corrected chi connectivity index (χ0v) is 13.8. The molecule has 0 bridgehead atoms. The van der Waals surface area contributed by atoms with Gasteiger partial charge in [0.2, 0.25) is 0 Å². The topological polar surface area (TPSA) is 24.9 Å². The Labute approximate surface area is 132 Å². The molecule has 21 heavy (non-hydrogen) atoms. The van der Waals surface area contributed by atoms with Crippen molar-refractivity contribution >= 4 is 28.6 Å². The van der Waals surface area contributed by atoms with E-state index >= 15 is 0 Å². The molecule has 0 atom stereocenters. The maximum absolute atomic E-state index is 6.36. The number of para-hydroxylation sites is 1. The minimum atomic E-state index is 0.582. The fraction of sp³-hybridized carbons (Fsp3) is 0.389. The highest BCUT2D eigenvalue weighted by atomic mass is 35.5. The Morgan fingerprint density at radius 1 is 1.33 bits per heavy atom. The van der Waals surface area contributed by atoms with Crippen LogP contribution in [0.4, 0.5) is 0 Å². The van der Waals surface area contributed by atoms with Crippen LogP contribution in [0, 0.1) is 6.92 Å². The minimum Gasteiger partial charge on any atom is -0.313 e. The molecule has 2 aromatic rings. The summed E-state index contributed by atoms with van der Waals surface area (Å²) in [6.45, 7) is 8.36. The van der Waals surface area contributed by atoms with Crippen molar-refractivity contribution in [2.75, 3.05) is 13.1 Å². The molecule has 1 aromatic carbocycles. The molecule has 0 radical (unpaired) electrons. The van der Waals surface area contributed by atoms with Crippen LogP contribution in [-0.2, 0) is 0 Å². The monoisotopic (exact) mass is 302 g/mol. The van der Waals surface area contributed by atoms with Crippen molar-refractivity contribution in [2.24, 2.45) is 0 Å². The summed E-state index contributed by atoms with van der Waals surface area (Å²) in [5, 5.41) is 5.16. The van der Waals surface area contributed by atoms with Crippen molar-refractivity contribution in [3.05, 3.63) is 46.1 Å². The van der Waals surface area contributed by atoms with Crippen LogP contribution in [0.25, 0.3) is 17.0 Å². The van der Waals surface area contributed by atoms with Crippen molar-refractivity contribution in [3.63, 3.8) is 0 Å². The van der Waals surface area contributed by atoms with Crippen molar-refractivity contribution in [1.82, 2.24) is 10.3 Å². The van der Waals surface area contributed by atoms with E-state index in [1.165, 1.54) is 5.57 Å². The van der Waals surface area contributed by atoms with E-state index in [4.69, 9.17) is 11.6 Å². The zero-order chi connectivity index (χ0) is 15.2. The van der Waals surface area contributed by atoms with Gasteiger partial charge in [-0.1, -0.05) is 55.3 Å². The molecule has 2 nitrogen and oxygen atoms in total. The molecular formula is C18H23ClN2. The van der Waals surface area contributed by atoms with Gasteiger partial charge in [-0.25, -0.2) is 4.98 Å². The lowest BCUT2D eigenvalue weighted by Crippen LogP contribution is -2.17. The van der Waals surface area contributed by atoms with Crippen molar-refractivity contribution in [2.45, 2.75) is 33.6 Å². The molecule has 0 aliphatic rings. The fourth-order valence-corrected chi connectivity index (χ4v) is 2.56. The maximum atomic E-state index is 6.36. The van der Waals surface area contributed by atoms with Crippen LogP contribution in [0.15, 0.2) is 29.8 Å². The summed E-state index contributed by atoms with van der Waals surface area (Å²) in [6.07, 6.45) is 4.33. The highest BCUT2D eigenvalue weighted by molar-refractivity contribution is 6.31. The van der Waals surface area contributed by atoms with Crippen LogP contribution in [0.2, 0.25) is 5.15 Å². The average molecular weight is 303 g/mol. The largest absolute Gasteiger partial charge is 0.313 e. The Kier molecular flexibility index (Phi) is 5.77. The second kappa shape index (κ2) is 7.58. The van der Waals surface area contributed by atoms with E-state index in [0.29, 0.717) is 5.15 Å². The van der Waals surface area contributed by atoms with Crippen molar-refractivity contribution in [1.29, 1.82) is 0 Å². The van der Waals surface area contributed by atoms with Gasteiger partial charge in [-0.05, 0) is 37.9 Å². The van der Waals surface area contributed by atoms with Gasteiger partial charge < -0.3 is 5.32 Å². The van der Waals surface area contributed by atoms with Gasteiger partial charge in [-0.15, -0.1) is 0 Å². The third-order valence-corrected chi connectivity index (χ3v) is 3.92. The van der Waals surface area contributed by atoms with E-state index < -0.39 is 0 Å². The second-order valence-corrected chi connectivity index (χ2v) is 5.71. The lowest BCUT2D eigenvalue weighted by Gasteiger charge is -2.09. The number of fused-ring (bicyclic) bond motifs is 1. The predicted octanol–water partition coefficient (Wildman–Crippen LogP) is 4.99. The number of nitrogens with one attached hydrogen (secondary N) is 1. The van der Waals surface area contributed by atoms with Gasteiger partial charge in [-0.2, -0.15) is 0 Å². The summed E-state index contributed by atoms with van der Waals surface area (Å²) in [5.41, 5.74) is 4.50. The van der Waals surface area contributed by atoms with Gasteiger partial charge in [0.15, 0.2) is 0 Å². The number of aryl methyl sites for hydroxylation is 1. The first-order valence-corrected chi connectivity index (χ1v) is 7.99. The molecule has 112 valence electrons. The van der Waals surface area contributed by atoms with Crippen molar-refractivity contribution < 1.29 is 0 Å². The molecule has 1 aromatic heterocycles. The van der Waals surface area contributed by atoms with Crippen LogP contribution in [-0.4, -0.2) is 18.1 Å². The lowest BCUT2D eigenvalue weighted by atomic mass is 10.1. The SMILES string of the molecule is CCCNCC(=Cc1cc2cccc(C)c2nc1Cl)CC. The fourth-order valence-electron chi connectivity index (χ4n) is 2.37. The van der Waals surface area contributed by atoms with Crippen LogP contribution in [0.1, 0.15) is 37.8 Å². The van der Waals surface area contributed by atoms with Gasteiger partial charge in [0.1, 0.15) is 5.15 Å². The summed E-state index contributed by atoms with van der Waals surface area (Å²) in [6, 6.07) is 8.34. The molecule has 1 N–H and O–H groups in total. The van der Waals surface area contributed by atoms with Crippen LogP contribution >= 0.6 is 11.6 Å². The Hall–Kier alpha value is -1.38. The molecule has 3 heteroatoms. The van der Waals surface area contributed by atoms with E-state index in [1.54, 1.807) is 0 Å². The van der Waals surface area contributed by atoms with E-state index in [2.05, 4.69) is 61.4 Å². The predicted molar refractivity (Wildman–Crippen MR) is 92.9 cm³/mol. The molecule has 0 aliphatic heterocycles. The number of hydrogen-bond donors (Lipinski definition) is 1. The average Bonchev–Trinajstić information content (AvgIpc) is 2.48. The highest BCUT2D eigenvalue weighted by Gasteiger charge is 2.06. The third kappa shape index (κ3) is 4.05. The minimum absolute atomic E-state index is 0.582. The molecular weight excluding hydrogens is 280 g/mol. The molecule has 0 saturated carbocycles. The van der Waals surface area contributed by atoms with Gasteiger partial charge >= 0.3 is 0 Å². The molecule has 1 heterocycles. The smallest absolute Gasteiger partial charge is 0.137 e. The van der Waals surface area contributed by atoms with Gasteiger partial charge in [-0.3, -0.25) is 0 Å². The Balaban J connectivity index is 2.34. The van der Waals surface area contributed by atoms with E-state index in [0.717, 1.165) is 48.0 Å². The molecule has 0 unspecified atom stereocenters. The van der Waals surface area contributed by atoms with Crippen LogP contribution in [0.5, 0.6) is 0 Å². The summed E-state index contributed by atoms with van der Waals surface area (Å²) in [5.74, 6) is 0. The molecule has 0 amide bonds. The summed E-state index contributed by atoms with van der Waals surface area (Å²) in [7, 11) is 0. The molecule has 2 rings (SSSR count). The molecule has 0 saturated heterocycles. The molecule has 0 spiro atoms. The number of halogens is 1. The van der Waals surface area contributed by atoms with E-state index in [-0.39, 0.29) is 0 Å². The zero-order valence-electron chi connectivity index (χ0n) is 13.0. The quantitative estimate of drug-likeness (QED) is 0.600. The first kappa shape index (κ1) is 16.0. The summed E-state index contributed by atoms with van der Waals surface area (Å²) >= 11 is 6.36. The third-order valence-electron chi connectivity index (χ3n) is 3.62. The number of nitrogens with zero attached hydrogens (tertiary/aromatic N) is 1. The van der Waals surface area contributed by atoms with E-state index in [9.17, 15) is 0 Å². The summed E-state index contributed by atoms with van der Waals surface area (Å²) in [4.78, 5) is 4.56. The second-order valence-electron chi connectivity index (χ2n) is 5.35. The van der Waals surface area contributed by atoms with Gasteiger partial charge in [0, 0.05) is 17.5 Å². The Morgan fingerprint density at radius 2 is 2.14 bits per heavy atom. The first-order chi connectivity index (χ1) is 10.2. The molecule has 0 fully saturated rings. The maximum Gasteiger partial charge on any atom is 0.137 e. The lowest BCUT2D eigenvalue weighted by molar-refractivity contribution is 0.706. The Morgan fingerprint density at radius 3 is 2.86 bits per heavy atom. The van der Waals surface area contributed by atoms with Crippen molar-refractivity contribution in [3.8, 4) is 0 Å². The highest BCUT2D eigenvalue weighted by Crippen LogP contribution is 2.25. The number of hydrogen-bond acceptors (Lipinski definition) is 2.